The molecule has 7 heteroatoms. The lowest BCUT2D eigenvalue weighted by atomic mass is 10.5. The molecule has 0 aromatic carbocycles. The summed E-state index contributed by atoms with van der Waals surface area (Å²) in [6.07, 6.45) is 0. The highest BCUT2D eigenvalue weighted by molar-refractivity contribution is 7.13. The van der Waals surface area contributed by atoms with Crippen LogP contribution in [0.15, 0.2) is 10.8 Å². The van der Waals surface area contributed by atoms with Gasteiger partial charge in [-0.2, -0.15) is 0 Å². The first kappa shape index (κ1) is 10.2. The number of thiazole rings is 1. The summed E-state index contributed by atoms with van der Waals surface area (Å²) in [5.74, 6) is -0.400. The summed E-state index contributed by atoms with van der Waals surface area (Å²) in [5.41, 5.74) is 1.02. The van der Waals surface area contributed by atoms with Crippen LogP contribution in [0.4, 0.5) is 0 Å². The van der Waals surface area contributed by atoms with Gasteiger partial charge in [0.05, 0.1) is 6.61 Å². The SMILES string of the molecule is CCOC(=O)c1csc(-c2csnn2)n1. The van der Waals surface area contributed by atoms with Gasteiger partial charge in [-0.1, -0.05) is 4.49 Å². The molecule has 2 heterocycles. The van der Waals surface area contributed by atoms with E-state index in [1.54, 1.807) is 17.7 Å². The van der Waals surface area contributed by atoms with E-state index in [-0.39, 0.29) is 0 Å². The van der Waals surface area contributed by atoms with Crippen LogP contribution in [-0.2, 0) is 4.74 Å². The maximum atomic E-state index is 11.3. The monoisotopic (exact) mass is 241 g/mol. The zero-order chi connectivity index (χ0) is 10.7. The van der Waals surface area contributed by atoms with Crippen molar-refractivity contribution < 1.29 is 9.53 Å². The summed E-state index contributed by atoms with van der Waals surface area (Å²) in [6.45, 7) is 2.11. The van der Waals surface area contributed by atoms with E-state index >= 15 is 0 Å². The summed E-state index contributed by atoms with van der Waals surface area (Å²) in [6, 6.07) is 0. The molecule has 0 amide bonds. The molecule has 2 rings (SSSR count). The Hall–Kier alpha value is -1.34. The van der Waals surface area contributed by atoms with Crippen LogP contribution in [0.5, 0.6) is 0 Å². The second kappa shape index (κ2) is 4.45. The molecule has 0 N–H and O–H groups in total. The molecule has 5 nitrogen and oxygen atoms in total. The van der Waals surface area contributed by atoms with E-state index < -0.39 is 5.97 Å². The van der Waals surface area contributed by atoms with E-state index in [9.17, 15) is 4.79 Å². The smallest absolute Gasteiger partial charge is 0.357 e. The number of carbonyl (C=O) groups excluding carboxylic acids is 1. The molecule has 0 spiro atoms. The van der Waals surface area contributed by atoms with Crippen molar-refractivity contribution in [2.75, 3.05) is 6.61 Å². The molecule has 0 radical (unpaired) electrons. The Bertz CT molecular complexity index is 452. The number of rotatable bonds is 3. The van der Waals surface area contributed by atoms with Crippen LogP contribution in [0.25, 0.3) is 10.7 Å². The standard InChI is InChI=1S/C8H7N3O2S2/c1-2-13-8(12)6-3-14-7(9-6)5-4-15-11-10-5/h3-4H,2H2,1H3. The normalized spacial score (nSPS) is 10.2. The minimum Gasteiger partial charge on any atom is -0.461 e. The van der Waals surface area contributed by atoms with E-state index in [1.165, 1.54) is 22.9 Å². The largest absolute Gasteiger partial charge is 0.461 e. The van der Waals surface area contributed by atoms with Crippen LogP contribution in [0.2, 0.25) is 0 Å². The Morgan fingerprint density at radius 1 is 1.53 bits per heavy atom. The second-order valence-electron chi connectivity index (χ2n) is 2.55. The molecule has 0 fully saturated rings. The number of hydrogen-bond donors (Lipinski definition) is 0. The van der Waals surface area contributed by atoms with Gasteiger partial charge in [-0.15, -0.1) is 16.4 Å². The van der Waals surface area contributed by atoms with Crippen molar-refractivity contribution in [1.82, 2.24) is 14.6 Å². The highest BCUT2D eigenvalue weighted by Crippen LogP contribution is 2.22. The Morgan fingerprint density at radius 2 is 2.40 bits per heavy atom. The first-order valence-electron chi connectivity index (χ1n) is 4.21. The van der Waals surface area contributed by atoms with E-state index in [0.29, 0.717) is 23.0 Å². The van der Waals surface area contributed by atoms with Crippen LogP contribution in [-0.4, -0.2) is 27.1 Å². The second-order valence-corrected chi connectivity index (χ2v) is 4.02. The molecule has 0 aliphatic rings. The van der Waals surface area contributed by atoms with Crippen LogP contribution in [0, 0.1) is 0 Å². The van der Waals surface area contributed by atoms with Crippen molar-refractivity contribution in [3.63, 3.8) is 0 Å². The van der Waals surface area contributed by atoms with Gasteiger partial charge in [0.1, 0.15) is 10.7 Å². The summed E-state index contributed by atoms with van der Waals surface area (Å²) in [5, 5.41) is 8.00. The first-order chi connectivity index (χ1) is 7.31. The quantitative estimate of drug-likeness (QED) is 0.767. The number of aromatic nitrogens is 3. The lowest BCUT2D eigenvalue weighted by molar-refractivity contribution is 0.0520. The number of hydrogen-bond acceptors (Lipinski definition) is 7. The van der Waals surface area contributed by atoms with Crippen molar-refractivity contribution >= 4 is 28.8 Å². The fraction of sp³-hybridized carbons (Fsp3) is 0.250. The average Bonchev–Trinajstić information content (AvgIpc) is 2.89. The summed E-state index contributed by atoms with van der Waals surface area (Å²) >= 11 is 2.61. The van der Waals surface area contributed by atoms with Gasteiger partial charge in [0.2, 0.25) is 0 Å². The van der Waals surface area contributed by atoms with Crippen LogP contribution < -0.4 is 0 Å². The number of esters is 1. The lowest BCUT2D eigenvalue weighted by Gasteiger charge is -1.95. The van der Waals surface area contributed by atoms with E-state index in [2.05, 4.69) is 14.6 Å². The summed E-state index contributed by atoms with van der Waals surface area (Å²) in [7, 11) is 0. The number of carbonyl (C=O) groups is 1. The number of nitrogens with zero attached hydrogens (tertiary/aromatic N) is 3. The fourth-order valence-corrected chi connectivity index (χ4v) is 2.21. The zero-order valence-electron chi connectivity index (χ0n) is 7.84. The molecule has 0 unspecified atom stereocenters. The van der Waals surface area contributed by atoms with Crippen molar-refractivity contribution in [2.24, 2.45) is 0 Å². The highest BCUT2D eigenvalue weighted by Gasteiger charge is 2.13. The van der Waals surface area contributed by atoms with E-state index in [0.717, 1.165) is 0 Å². The predicted molar refractivity (Wildman–Crippen MR) is 57.0 cm³/mol. The van der Waals surface area contributed by atoms with Crippen LogP contribution in [0.3, 0.4) is 0 Å². The molecule has 2 aromatic rings. The van der Waals surface area contributed by atoms with Gasteiger partial charge in [0.15, 0.2) is 5.69 Å². The Morgan fingerprint density at radius 3 is 3.07 bits per heavy atom. The van der Waals surface area contributed by atoms with Gasteiger partial charge in [-0.3, -0.25) is 0 Å². The van der Waals surface area contributed by atoms with Gasteiger partial charge in [0.25, 0.3) is 0 Å². The van der Waals surface area contributed by atoms with Crippen LogP contribution >= 0.6 is 22.9 Å². The molecular formula is C8H7N3O2S2. The zero-order valence-corrected chi connectivity index (χ0v) is 9.47. The minimum atomic E-state index is -0.400. The minimum absolute atomic E-state index is 0.324. The lowest BCUT2D eigenvalue weighted by Crippen LogP contribution is -2.04. The molecule has 0 saturated heterocycles. The third-order valence-electron chi connectivity index (χ3n) is 1.57. The maximum absolute atomic E-state index is 11.3. The third kappa shape index (κ3) is 2.18. The molecule has 0 saturated carbocycles. The van der Waals surface area contributed by atoms with Gasteiger partial charge < -0.3 is 4.74 Å². The van der Waals surface area contributed by atoms with Crippen LogP contribution in [0.1, 0.15) is 17.4 Å². The van der Waals surface area contributed by atoms with E-state index in [4.69, 9.17) is 4.74 Å². The summed E-state index contributed by atoms with van der Waals surface area (Å²) in [4.78, 5) is 15.4. The van der Waals surface area contributed by atoms with Crippen molar-refractivity contribution in [3.8, 4) is 10.7 Å². The Balaban J connectivity index is 2.21. The number of ether oxygens (including phenoxy) is 1. The van der Waals surface area contributed by atoms with Crippen molar-refractivity contribution in [1.29, 1.82) is 0 Å². The van der Waals surface area contributed by atoms with Gasteiger partial charge >= 0.3 is 5.97 Å². The molecule has 0 bridgehead atoms. The van der Waals surface area contributed by atoms with Gasteiger partial charge in [-0.05, 0) is 18.5 Å². The highest BCUT2D eigenvalue weighted by atomic mass is 32.1. The Labute approximate surface area is 93.9 Å². The molecule has 0 atom stereocenters. The topological polar surface area (TPSA) is 65.0 Å². The molecular weight excluding hydrogens is 234 g/mol. The summed E-state index contributed by atoms with van der Waals surface area (Å²) < 4.78 is 8.56. The molecule has 0 aliphatic heterocycles. The predicted octanol–water partition coefficient (Wildman–Crippen LogP) is 1.84. The van der Waals surface area contributed by atoms with Gasteiger partial charge in [0, 0.05) is 10.8 Å². The average molecular weight is 241 g/mol. The molecule has 15 heavy (non-hydrogen) atoms. The third-order valence-corrected chi connectivity index (χ3v) is 2.94. The fourth-order valence-electron chi connectivity index (χ4n) is 0.948. The molecule has 2 aromatic heterocycles. The van der Waals surface area contributed by atoms with Gasteiger partial charge in [-0.25, -0.2) is 9.78 Å². The maximum Gasteiger partial charge on any atom is 0.357 e. The Kier molecular flexibility index (Phi) is 3.02. The van der Waals surface area contributed by atoms with Crippen molar-refractivity contribution in [2.45, 2.75) is 6.92 Å². The van der Waals surface area contributed by atoms with Crippen molar-refractivity contribution in [3.05, 3.63) is 16.5 Å². The molecule has 0 aliphatic carbocycles. The first-order valence-corrected chi connectivity index (χ1v) is 5.93. The molecule has 78 valence electrons. The van der Waals surface area contributed by atoms with E-state index in [1.807, 2.05) is 0 Å².